The summed E-state index contributed by atoms with van der Waals surface area (Å²) in [5, 5.41) is 0. The first-order valence-corrected chi connectivity index (χ1v) is 6.81. The Bertz CT molecular complexity index is 542. The molecule has 1 aromatic carbocycles. The van der Waals surface area contributed by atoms with Crippen molar-refractivity contribution in [2.75, 3.05) is 23.4 Å². The summed E-state index contributed by atoms with van der Waals surface area (Å²) in [6, 6.07) is 13.2. The van der Waals surface area contributed by atoms with Gasteiger partial charge in [-0.25, -0.2) is 4.98 Å². The van der Waals surface area contributed by atoms with Crippen molar-refractivity contribution < 1.29 is 4.79 Å². The van der Waals surface area contributed by atoms with E-state index in [0.29, 0.717) is 11.6 Å². The number of amides is 1. The minimum Gasteiger partial charge on any atom is -0.384 e. The second-order valence-corrected chi connectivity index (χ2v) is 5.04. The van der Waals surface area contributed by atoms with Crippen LogP contribution in [0.15, 0.2) is 53.6 Å². The molecule has 2 aromatic rings. The van der Waals surface area contributed by atoms with Gasteiger partial charge < -0.3 is 10.6 Å². The van der Waals surface area contributed by atoms with Gasteiger partial charge in [-0.05, 0) is 24.3 Å². The molecule has 0 unspecified atom stereocenters. The zero-order valence-electron chi connectivity index (χ0n) is 10.6. The summed E-state index contributed by atoms with van der Waals surface area (Å²) >= 11 is 1.45. The molecule has 0 spiro atoms. The van der Waals surface area contributed by atoms with Crippen molar-refractivity contribution in [2.24, 2.45) is 0 Å². The van der Waals surface area contributed by atoms with Crippen LogP contribution in [-0.2, 0) is 4.79 Å². The molecule has 1 aromatic heterocycles. The summed E-state index contributed by atoms with van der Waals surface area (Å²) in [6.45, 7) is 0. The Balaban J connectivity index is 1.93. The Kier molecular flexibility index (Phi) is 4.41. The molecular weight excluding hydrogens is 258 g/mol. The minimum absolute atomic E-state index is 0.0491. The second kappa shape index (κ2) is 6.24. The average molecular weight is 273 g/mol. The van der Waals surface area contributed by atoms with E-state index in [4.69, 9.17) is 5.73 Å². The third kappa shape index (κ3) is 3.72. The number of para-hydroxylation sites is 1. The molecule has 2 rings (SSSR count). The molecular formula is C14H15N3OS. The van der Waals surface area contributed by atoms with Gasteiger partial charge in [0.25, 0.3) is 0 Å². The van der Waals surface area contributed by atoms with Crippen LogP contribution in [0.1, 0.15) is 0 Å². The Hall–Kier alpha value is -2.01. The molecule has 1 amide bonds. The molecule has 0 aliphatic heterocycles. The number of hydrogen-bond acceptors (Lipinski definition) is 4. The lowest BCUT2D eigenvalue weighted by Gasteiger charge is -2.16. The normalized spacial score (nSPS) is 10.2. The fraction of sp³-hybridized carbons (Fsp3) is 0.143. The Labute approximate surface area is 116 Å². The zero-order valence-corrected chi connectivity index (χ0v) is 11.4. The maximum atomic E-state index is 12.0. The molecule has 19 heavy (non-hydrogen) atoms. The van der Waals surface area contributed by atoms with Crippen LogP contribution in [-0.4, -0.2) is 23.7 Å². The highest BCUT2D eigenvalue weighted by Crippen LogP contribution is 2.19. The quantitative estimate of drug-likeness (QED) is 0.869. The number of benzene rings is 1. The summed E-state index contributed by atoms with van der Waals surface area (Å²) in [6.07, 6.45) is 1.68. The number of aromatic nitrogens is 1. The number of nitrogen functional groups attached to an aromatic ring is 1. The SMILES string of the molecule is CN(C(=O)CSc1ccc(N)nc1)c1ccccc1. The molecule has 4 nitrogen and oxygen atoms in total. The minimum atomic E-state index is 0.0491. The molecule has 1 heterocycles. The lowest BCUT2D eigenvalue weighted by molar-refractivity contribution is -0.115. The first kappa shape index (κ1) is 13.4. The maximum Gasteiger partial charge on any atom is 0.237 e. The Morgan fingerprint density at radius 3 is 2.63 bits per heavy atom. The molecule has 0 aliphatic carbocycles. The highest BCUT2D eigenvalue weighted by Gasteiger charge is 2.10. The number of pyridine rings is 1. The van der Waals surface area contributed by atoms with E-state index in [0.717, 1.165) is 10.6 Å². The van der Waals surface area contributed by atoms with Crippen LogP contribution in [0, 0.1) is 0 Å². The summed E-state index contributed by atoms with van der Waals surface area (Å²) < 4.78 is 0. The standard InChI is InChI=1S/C14H15N3OS/c1-17(11-5-3-2-4-6-11)14(18)10-19-12-7-8-13(15)16-9-12/h2-9H,10H2,1H3,(H2,15,16). The van der Waals surface area contributed by atoms with Crippen molar-refractivity contribution in [1.29, 1.82) is 0 Å². The fourth-order valence-electron chi connectivity index (χ4n) is 1.51. The molecule has 5 heteroatoms. The van der Waals surface area contributed by atoms with Crippen LogP contribution < -0.4 is 10.6 Å². The van der Waals surface area contributed by atoms with Gasteiger partial charge in [0.15, 0.2) is 0 Å². The van der Waals surface area contributed by atoms with Gasteiger partial charge in [0.1, 0.15) is 5.82 Å². The molecule has 0 saturated heterocycles. The molecule has 0 radical (unpaired) electrons. The second-order valence-electron chi connectivity index (χ2n) is 4.00. The van der Waals surface area contributed by atoms with Crippen LogP contribution in [0.4, 0.5) is 11.5 Å². The third-order valence-electron chi connectivity index (χ3n) is 2.64. The molecule has 0 saturated carbocycles. The summed E-state index contributed by atoms with van der Waals surface area (Å²) in [4.78, 5) is 18.6. The maximum absolute atomic E-state index is 12.0. The number of nitrogens with two attached hydrogens (primary N) is 1. The van der Waals surface area contributed by atoms with E-state index in [1.165, 1.54) is 11.8 Å². The highest BCUT2D eigenvalue weighted by atomic mass is 32.2. The van der Waals surface area contributed by atoms with Crippen LogP contribution in [0.3, 0.4) is 0 Å². The van der Waals surface area contributed by atoms with Gasteiger partial charge in [-0.3, -0.25) is 4.79 Å². The predicted molar refractivity (Wildman–Crippen MR) is 79.2 cm³/mol. The Morgan fingerprint density at radius 1 is 1.26 bits per heavy atom. The predicted octanol–water partition coefficient (Wildman–Crippen LogP) is 2.42. The summed E-state index contributed by atoms with van der Waals surface area (Å²) in [5.41, 5.74) is 6.40. The molecule has 0 aliphatic rings. The number of carbonyl (C=O) groups excluding carboxylic acids is 1. The zero-order chi connectivity index (χ0) is 13.7. The lowest BCUT2D eigenvalue weighted by Crippen LogP contribution is -2.27. The summed E-state index contributed by atoms with van der Waals surface area (Å²) in [7, 11) is 1.78. The number of nitrogens with zero attached hydrogens (tertiary/aromatic N) is 2. The largest absolute Gasteiger partial charge is 0.384 e. The van der Waals surface area contributed by atoms with E-state index in [1.807, 2.05) is 36.4 Å². The van der Waals surface area contributed by atoms with Crippen molar-refractivity contribution in [3.8, 4) is 0 Å². The van der Waals surface area contributed by atoms with Crippen LogP contribution in [0.5, 0.6) is 0 Å². The molecule has 98 valence electrons. The monoisotopic (exact) mass is 273 g/mol. The van der Waals surface area contributed by atoms with Crippen LogP contribution in [0.2, 0.25) is 0 Å². The molecule has 0 fully saturated rings. The Morgan fingerprint density at radius 2 is 2.00 bits per heavy atom. The molecule has 0 bridgehead atoms. The van der Waals surface area contributed by atoms with Gasteiger partial charge >= 0.3 is 0 Å². The first-order chi connectivity index (χ1) is 9.16. The molecule has 0 atom stereocenters. The van der Waals surface area contributed by atoms with Gasteiger partial charge in [0.2, 0.25) is 5.91 Å². The van der Waals surface area contributed by atoms with E-state index in [2.05, 4.69) is 4.98 Å². The van der Waals surface area contributed by atoms with Crippen molar-refractivity contribution in [3.05, 3.63) is 48.7 Å². The number of anilines is 2. The third-order valence-corrected chi connectivity index (χ3v) is 3.61. The summed E-state index contributed by atoms with van der Waals surface area (Å²) in [5.74, 6) is 0.905. The van der Waals surface area contributed by atoms with Gasteiger partial charge in [0.05, 0.1) is 5.75 Å². The fourth-order valence-corrected chi connectivity index (χ4v) is 2.29. The van der Waals surface area contributed by atoms with Crippen molar-refractivity contribution in [1.82, 2.24) is 4.98 Å². The van der Waals surface area contributed by atoms with E-state index in [9.17, 15) is 4.79 Å². The van der Waals surface area contributed by atoms with E-state index in [1.54, 1.807) is 24.2 Å². The number of thioether (sulfide) groups is 1. The van der Waals surface area contributed by atoms with Gasteiger partial charge in [0, 0.05) is 23.8 Å². The average Bonchev–Trinajstić information content (AvgIpc) is 2.46. The lowest BCUT2D eigenvalue weighted by atomic mass is 10.3. The van der Waals surface area contributed by atoms with Crippen molar-refractivity contribution in [2.45, 2.75) is 4.90 Å². The van der Waals surface area contributed by atoms with E-state index >= 15 is 0 Å². The van der Waals surface area contributed by atoms with Gasteiger partial charge in [-0.15, -0.1) is 11.8 Å². The highest BCUT2D eigenvalue weighted by molar-refractivity contribution is 8.00. The topological polar surface area (TPSA) is 59.2 Å². The number of rotatable bonds is 4. The first-order valence-electron chi connectivity index (χ1n) is 5.83. The van der Waals surface area contributed by atoms with Gasteiger partial charge in [-0.2, -0.15) is 0 Å². The number of hydrogen-bond donors (Lipinski definition) is 1. The number of carbonyl (C=O) groups is 1. The van der Waals surface area contributed by atoms with Crippen molar-refractivity contribution >= 4 is 29.2 Å². The van der Waals surface area contributed by atoms with Crippen LogP contribution >= 0.6 is 11.8 Å². The smallest absolute Gasteiger partial charge is 0.237 e. The molecule has 2 N–H and O–H groups in total. The van der Waals surface area contributed by atoms with E-state index in [-0.39, 0.29) is 5.91 Å². The van der Waals surface area contributed by atoms with E-state index < -0.39 is 0 Å². The van der Waals surface area contributed by atoms with Crippen molar-refractivity contribution in [3.63, 3.8) is 0 Å². The van der Waals surface area contributed by atoms with Crippen LogP contribution in [0.25, 0.3) is 0 Å². The van der Waals surface area contributed by atoms with Gasteiger partial charge in [-0.1, -0.05) is 18.2 Å².